The topological polar surface area (TPSA) is 66.4 Å². The molecule has 34 heavy (non-hydrogen) atoms. The number of anilines is 1. The summed E-state index contributed by atoms with van der Waals surface area (Å²) in [6.45, 7) is 16.5. The maximum Gasteiger partial charge on any atom is 0.261 e. The van der Waals surface area contributed by atoms with E-state index >= 15 is 0 Å². The molecule has 2 N–H and O–H groups in total. The van der Waals surface area contributed by atoms with E-state index in [4.69, 9.17) is 0 Å². The molecular formula is C29H37NO3S. The van der Waals surface area contributed by atoms with Crippen LogP contribution >= 0.6 is 0 Å². The van der Waals surface area contributed by atoms with Gasteiger partial charge in [0.05, 0.1) is 10.6 Å². The standard InChI is InChI=1S/C29H37NO3S/c1-19-9-12-23(13-10-19)34(32,33)30-26-14-11-20(2)15-22(26)16-21-17-24(28(3,4)5)27(31)25(18-21)29(6,7)8/h9-15,17-18,30-31H,16H2,1-8H3. The van der Waals surface area contributed by atoms with Crippen LogP contribution in [0.15, 0.2) is 59.5 Å². The average molecular weight is 480 g/mol. The van der Waals surface area contributed by atoms with Gasteiger partial charge in [0.15, 0.2) is 0 Å². The zero-order chi connectivity index (χ0) is 25.5. The maximum absolute atomic E-state index is 13.1. The largest absolute Gasteiger partial charge is 0.507 e. The van der Waals surface area contributed by atoms with Crippen LogP contribution in [0.4, 0.5) is 5.69 Å². The van der Waals surface area contributed by atoms with Crippen LogP contribution in [0.25, 0.3) is 0 Å². The molecular weight excluding hydrogens is 442 g/mol. The molecule has 0 bridgehead atoms. The highest BCUT2D eigenvalue weighted by Gasteiger charge is 2.27. The normalized spacial score (nSPS) is 12.6. The Morgan fingerprint density at radius 3 is 1.76 bits per heavy atom. The van der Waals surface area contributed by atoms with Crippen molar-refractivity contribution < 1.29 is 13.5 Å². The lowest BCUT2D eigenvalue weighted by Gasteiger charge is -2.28. The van der Waals surface area contributed by atoms with Crippen molar-refractivity contribution in [1.29, 1.82) is 0 Å². The van der Waals surface area contributed by atoms with Crippen LogP contribution in [0.5, 0.6) is 5.75 Å². The summed E-state index contributed by atoms with van der Waals surface area (Å²) in [5.74, 6) is 0.341. The number of nitrogens with one attached hydrogen (secondary N) is 1. The molecule has 0 aliphatic carbocycles. The number of rotatable bonds is 5. The van der Waals surface area contributed by atoms with Crippen LogP contribution in [0.3, 0.4) is 0 Å². The summed E-state index contributed by atoms with van der Waals surface area (Å²) >= 11 is 0. The van der Waals surface area contributed by atoms with Gasteiger partial charge >= 0.3 is 0 Å². The number of aryl methyl sites for hydroxylation is 2. The molecule has 3 aromatic rings. The number of sulfonamides is 1. The SMILES string of the molecule is Cc1ccc(S(=O)(=O)Nc2ccc(C)cc2Cc2cc(C(C)(C)C)c(O)c(C(C)(C)C)c2)cc1. The van der Waals surface area contributed by atoms with E-state index in [0.717, 1.165) is 33.4 Å². The Morgan fingerprint density at radius 2 is 1.26 bits per heavy atom. The lowest BCUT2D eigenvalue weighted by atomic mass is 9.78. The molecule has 182 valence electrons. The maximum atomic E-state index is 13.1. The first-order valence-corrected chi connectivity index (χ1v) is 13.1. The van der Waals surface area contributed by atoms with Gasteiger partial charge in [-0.25, -0.2) is 8.42 Å². The van der Waals surface area contributed by atoms with Gasteiger partial charge in [-0.15, -0.1) is 0 Å². The first-order valence-electron chi connectivity index (χ1n) is 11.6. The molecule has 0 atom stereocenters. The van der Waals surface area contributed by atoms with Crippen LogP contribution in [0, 0.1) is 13.8 Å². The molecule has 3 rings (SSSR count). The van der Waals surface area contributed by atoms with E-state index in [2.05, 4.69) is 46.3 Å². The quantitative estimate of drug-likeness (QED) is 0.414. The first-order chi connectivity index (χ1) is 15.6. The lowest BCUT2D eigenvalue weighted by molar-refractivity contribution is 0.423. The van der Waals surface area contributed by atoms with Crippen molar-refractivity contribution >= 4 is 15.7 Å². The molecule has 0 heterocycles. The van der Waals surface area contributed by atoms with Crippen LogP contribution in [-0.4, -0.2) is 13.5 Å². The smallest absolute Gasteiger partial charge is 0.261 e. The van der Waals surface area contributed by atoms with E-state index in [1.807, 2.05) is 44.2 Å². The van der Waals surface area contributed by atoms with Gasteiger partial charge in [-0.2, -0.15) is 0 Å². The van der Waals surface area contributed by atoms with Gasteiger partial charge in [0.1, 0.15) is 5.75 Å². The summed E-state index contributed by atoms with van der Waals surface area (Å²) in [6.07, 6.45) is 0.542. The molecule has 0 amide bonds. The molecule has 0 fully saturated rings. The third-order valence-corrected chi connectivity index (χ3v) is 7.40. The van der Waals surface area contributed by atoms with E-state index in [9.17, 15) is 13.5 Å². The van der Waals surface area contributed by atoms with E-state index in [1.54, 1.807) is 24.3 Å². The molecule has 0 radical (unpaired) electrons. The highest BCUT2D eigenvalue weighted by molar-refractivity contribution is 7.92. The fraction of sp³-hybridized carbons (Fsp3) is 0.379. The minimum atomic E-state index is -3.72. The first kappa shape index (κ1) is 25.8. The summed E-state index contributed by atoms with van der Waals surface area (Å²) in [7, 11) is -3.72. The fourth-order valence-electron chi connectivity index (χ4n) is 4.05. The van der Waals surface area contributed by atoms with Crippen molar-refractivity contribution in [2.24, 2.45) is 0 Å². The van der Waals surface area contributed by atoms with Crippen LogP contribution in [-0.2, 0) is 27.3 Å². The number of benzene rings is 3. The Hall–Kier alpha value is -2.79. The Labute approximate surface area is 205 Å². The van der Waals surface area contributed by atoms with Gasteiger partial charge in [0.2, 0.25) is 0 Å². The molecule has 0 aromatic heterocycles. The number of hydrogen-bond donors (Lipinski definition) is 2. The molecule has 0 spiro atoms. The molecule has 5 heteroatoms. The van der Waals surface area contributed by atoms with Crippen molar-refractivity contribution in [3.05, 3.63) is 88.0 Å². The van der Waals surface area contributed by atoms with Crippen molar-refractivity contribution in [2.45, 2.75) is 77.5 Å². The van der Waals surface area contributed by atoms with Gasteiger partial charge in [-0.3, -0.25) is 4.72 Å². The summed E-state index contributed by atoms with van der Waals surface area (Å²) in [5.41, 5.74) is 5.87. The monoisotopic (exact) mass is 479 g/mol. The fourth-order valence-corrected chi connectivity index (χ4v) is 5.15. The van der Waals surface area contributed by atoms with Gasteiger partial charge in [0.25, 0.3) is 10.0 Å². The molecule has 4 nitrogen and oxygen atoms in total. The second kappa shape index (κ2) is 9.10. The van der Waals surface area contributed by atoms with Crippen molar-refractivity contribution in [1.82, 2.24) is 0 Å². The average Bonchev–Trinajstić information content (AvgIpc) is 2.69. The van der Waals surface area contributed by atoms with E-state index in [-0.39, 0.29) is 15.7 Å². The molecule has 3 aromatic carbocycles. The molecule has 0 saturated heterocycles. The summed E-state index contributed by atoms with van der Waals surface area (Å²) in [4.78, 5) is 0.235. The van der Waals surface area contributed by atoms with E-state index in [1.165, 1.54) is 0 Å². The molecule has 0 saturated carbocycles. The van der Waals surface area contributed by atoms with Crippen molar-refractivity contribution in [2.75, 3.05) is 4.72 Å². The minimum Gasteiger partial charge on any atom is -0.507 e. The Bertz CT molecular complexity index is 1260. The predicted molar refractivity (Wildman–Crippen MR) is 141 cm³/mol. The Kier molecular flexibility index (Phi) is 6.92. The van der Waals surface area contributed by atoms with Gasteiger partial charge in [-0.05, 0) is 71.6 Å². The minimum absolute atomic E-state index is 0.234. The zero-order valence-electron chi connectivity index (χ0n) is 21.6. The number of aromatic hydroxyl groups is 1. The highest BCUT2D eigenvalue weighted by Crippen LogP contribution is 2.40. The highest BCUT2D eigenvalue weighted by atomic mass is 32.2. The molecule has 0 aliphatic rings. The molecule has 0 unspecified atom stereocenters. The van der Waals surface area contributed by atoms with Crippen molar-refractivity contribution in [3.63, 3.8) is 0 Å². The van der Waals surface area contributed by atoms with Crippen LogP contribution in [0.1, 0.15) is 74.9 Å². The van der Waals surface area contributed by atoms with E-state index < -0.39 is 10.0 Å². The lowest BCUT2D eigenvalue weighted by Crippen LogP contribution is -2.18. The van der Waals surface area contributed by atoms with Crippen LogP contribution < -0.4 is 4.72 Å². The second-order valence-electron chi connectivity index (χ2n) is 11.3. The second-order valence-corrected chi connectivity index (χ2v) is 13.0. The Balaban J connectivity index is 2.07. The number of phenols is 1. The Morgan fingerprint density at radius 1 is 0.765 bits per heavy atom. The predicted octanol–water partition coefficient (Wildman–Crippen LogP) is 7.00. The summed E-state index contributed by atoms with van der Waals surface area (Å²) in [5, 5.41) is 11.1. The molecule has 0 aliphatic heterocycles. The van der Waals surface area contributed by atoms with Crippen molar-refractivity contribution in [3.8, 4) is 5.75 Å². The third kappa shape index (κ3) is 5.82. The third-order valence-electron chi connectivity index (χ3n) is 6.02. The van der Waals surface area contributed by atoms with Gasteiger partial charge < -0.3 is 5.11 Å². The van der Waals surface area contributed by atoms with Gasteiger partial charge in [-0.1, -0.05) is 89.1 Å². The van der Waals surface area contributed by atoms with E-state index in [0.29, 0.717) is 17.9 Å². The van der Waals surface area contributed by atoms with Gasteiger partial charge in [0, 0.05) is 0 Å². The number of hydrogen-bond acceptors (Lipinski definition) is 3. The number of phenolic OH excluding ortho intramolecular Hbond substituents is 1. The zero-order valence-corrected chi connectivity index (χ0v) is 22.4. The summed E-state index contributed by atoms with van der Waals surface area (Å²) < 4.78 is 28.9. The summed E-state index contributed by atoms with van der Waals surface area (Å²) in [6, 6.07) is 16.7. The van der Waals surface area contributed by atoms with Crippen LogP contribution in [0.2, 0.25) is 0 Å².